The third kappa shape index (κ3) is 3.67. The van der Waals surface area contributed by atoms with Gasteiger partial charge in [0.15, 0.2) is 0 Å². The van der Waals surface area contributed by atoms with Gasteiger partial charge in [0, 0.05) is 31.2 Å². The molecule has 28 heavy (non-hydrogen) atoms. The van der Waals surface area contributed by atoms with Gasteiger partial charge in [-0.3, -0.25) is 4.79 Å². The van der Waals surface area contributed by atoms with Gasteiger partial charge in [-0.2, -0.15) is 4.31 Å². The lowest BCUT2D eigenvalue weighted by molar-refractivity contribution is 0.0882. The fraction of sp³-hybridized carbons (Fsp3) is 0.632. The van der Waals surface area contributed by atoms with E-state index in [2.05, 4.69) is 17.3 Å². The van der Waals surface area contributed by atoms with Crippen LogP contribution in [0.1, 0.15) is 48.9 Å². The number of carbonyl (C=O) groups excluding carboxylic acids is 1. The van der Waals surface area contributed by atoms with E-state index in [-0.39, 0.29) is 32.5 Å². The molecule has 4 rings (SSSR count). The number of hydrogen-bond acceptors (Lipinski definition) is 4. The van der Waals surface area contributed by atoms with Gasteiger partial charge in [-0.25, -0.2) is 8.42 Å². The maximum absolute atomic E-state index is 12.9. The highest BCUT2D eigenvalue weighted by atomic mass is 35.5. The molecule has 154 valence electrons. The van der Waals surface area contributed by atoms with Gasteiger partial charge in [0.05, 0.1) is 15.6 Å². The molecule has 0 aliphatic carbocycles. The number of nitrogens with one attached hydrogen (secondary N) is 1. The third-order valence-electron chi connectivity index (χ3n) is 6.38. The second-order valence-corrected chi connectivity index (χ2v) is 10.8. The van der Waals surface area contributed by atoms with Crippen LogP contribution in [0.5, 0.6) is 0 Å². The fourth-order valence-corrected chi connectivity index (χ4v) is 7.11. The zero-order valence-corrected chi connectivity index (χ0v) is 18.2. The molecule has 0 spiro atoms. The SMILES string of the molecule is CN1[C@@H]2CC[C@@H]1CC(NC(=O)c1cc(S(=O)(=O)N3CCCC3)c(Cl)cc1Cl)C2. The van der Waals surface area contributed by atoms with Crippen molar-refractivity contribution in [3.63, 3.8) is 0 Å². The monoisotopic (exact) mass is 445 g/mol. The normalized spacial score (nSPS) is 28.6. The van der Waals surface area contributed by atoms with Crippen LogP contribution >= 0.6 is 23.2 Å². The van der Waals surface area contributed by atoms with Crippen molar-refractivity contribution in [2.24, 2.45) is 0 Å². The molecular weight excluding hydrogens is 421 g/mol. The van der Waals surface area contributed by atoms with Crippen molar-refractivity contribution < 1.29 is 13.2 Å². The summed E-state index contributed by atoms with van der Waals surface area (Å²) in [6.07, 6.45) is 5.79. The summed E-state index contributed by atoms with van der Waals surface area (Å²) in [5.41, 5.74) is 0.162. The molecule has 1 aromatic carbocycles. The van der Waals surface area contributed by atoms with Crippen molar-refractivity contribution in [1.29, 1.82) is 0 Å². The standard InChI is InChI=1S/C19H25Cl2N3O3S/c1-23-13-4-5-14(23)9-12(8-13)22-19(25)15-10-18(17(21)11-16(15)20)28(26,27)24-6-2-3-7-24/h10-14H,2-9H2,1H3,(H,22,25)/t13-,14-/m1/s1. The van der Waals surface area contributed by atoms with E-state index in [1.54, 1.807) is 0 Å². The summed E-state index contributed by atoms with van der Waals surface area (Å²) in [5.74, 6) is -0.339. The van der Waals surface area contributed by atoms with Crippen molar-refractivity contribution >= 4 is 39.1 Å². The topological polar surface area (TPSA) is 69.7 Å². The number of nitrogens with zero attached hydrogens (tertiary/aromatic N) is 2. The zero-order valence-electron chi connectivity index (χ0n) is 15.8. The van der Waals surface area contributed by atoms with Crippen LogP contribution in [-0.4, -0.2) is 61.8 Å². The number of piperidine rings is 1. The Balaban J connectivity index is 1.57. The number of fused-ring (bicyclic) bond motifs is 2. The predicted octanol–water partition coefficient (Wildman–Crippen LogP) is 3.13. The molecule has 9 heteroatoms. The Morgan fingerprint density at radius 2 is 1.68 bits per heavy atom. The van der Waals surface area contributed by atoms with E-state index >= 15 is 0 Å². The molecule has 0 unspecified atom stereocenters. The van der Waals surface area contributed by atoms with E-state index in [1.807, 2.05) is 0 Å². The minimum absolute atomic E-state index is 0.0470. The molecule has 3 heterocycles. The van der Waals surface area contributed by atoms with Crippen molar-refractivity contribution in [2.45, 2.75) is 61.5 Å². The first-order valence-electron chi connectivity index (χ1n) is 9.79. The number of sulfonamides is 1. The molecule has 3 aliphatic rings. The molecule has 6 nitrogen and oxygen atoms in total. The first kappa shape index (κ1) is 20.4. The summed E-state index contributed by atoms with van der Waals surface area (Å²) in [6.45, 7) is 0.947. The second kappa shape index (κ2) is 7.76. The largest absolute Gasteiger partial charge is 0.349 e. The van der Waals surface area contributed by atoms with Crippen LogP contribution in [0.4, 0.5) is 0 Å². The van der Waals surface area contributed by atoms with Crippen LogP contribution in [0.25, 0.3) is 0 Å². The Hall–Kier alpha value is -0.860. The van der Waals surface area contributed by atoms with Crippen molar-refractivity contribution in [3.05, 3.63) is 27.7 Å². The van der Waals surface area contributed by atoms with Gasteiger partial charge in [0.1, 0.15) is 4.90 Å². The van der Waals surface area contributed by atoms with Crippen LogP contribution in [-0.2, 0) is 10.0 Å². The molecule has 3 aliphatic heterocycles. The highest BCUT2D eigenvalue weighted by molar-refractivity contribution is 7.89. The smallest absolute Gasteiger partial charge is 0.253 e. The Labute approximate surface area is 176 Å². The number of amides is 1. The minimum Gasteiger partial charge on any atom is -0.349 e. The number of carbonyl (C=O) groups is 1. The number of hydrogen-bond donors (Lipinski definition) is 1. The summed E-state index contributed by atoms with van der Waals surface area (Å²) in [5, 5.41) is 3.28. The molecule has 1 amide bonds. The number of rotatable bonds is 4. The van der Waals surface area contributed by atoms with E-state index in [9.17, 15) is 13.2 Å². The molecule has 3 fully saturated rings. The zero-order chi connectivity index (χ0) is 20.1. The third-order valence-corrected chi connectivity index (χ3v) is 9.06. The van der Waals surface area contributed by atoms with E-state index in [1.165, 1.54) is 16.4 Å². The van der Waals surface area contributed by atoms with Crippen LogP contribution in [0.15, 0.2) is 17.0 Å². The average molecular weight is 446 g/mol. The lowest BCUT2D eigenvalue weighted by atomic mass is 9.97. The summed E-state index contributed by atoms with van der Waals surface area (Å²) < 4.78 is 27.3. The fourth-order valence-electron chi connectivity index (χ4n) is 4.76. The van der Waals surface area contributed by atoms with Crippen LogP contribution in [0.3, 0.4) is 0 Å². The Bertz CT molecular complexity index is 873. The summed E-state index contributed by atoms with van der Waals surface area (Å²) in [4.78, 5) is 15.3. The van der Waals surface area contributed by atoms with Gasteiger partial charge in [-0.15, -0.1) is 0 Å². The predicted molar refractivity (Wildman–Crippen MR) is 110 cm³/mol. The first-order valence-corrected chi connectivity index (χ1v) is 12.0. The van der Waals surface area contributed by atoms with E-state index in [0.29, 0.717) is 25.2 Å². The van der Waals surface area contributed by atoms with Crippen molar-refractivity contribution in [2.75, 3.05) is 20.1 Å². The van der Waals surface area contributed by atoms with Crippen LogP contribution in [0.2, 0.25) is 10.0 Å². The second-order valence-electron chi connectivity index (χ2n) is 8.07. The number of benzene rings is 1. The van der Waals surface area contributed by atoms with E-state index in [4.69, 9.17) is 23.2 Å². The maximum Gasteiger partial charge on any atom is 0.253 e. The lowest BCUT2D eigenvalue weighted by Crippen LogP contribution is -2.48. The molecule has 1 N–H and O–H groups in total. The summed E-state index contributed by atoms with van der Waals surface area (Å²) >= 11 is 12.5. The van der Waals surface area contributed by atoms with Crippen LogP contribution in [0, 0.1) is 0 Å². The van der Waals surface area contributed by atoms with Crippen molar-refractivity contribution in [3.8, 4) is 0 Å². The molecular formula is C19H25Cl2N3O3S. The van der Waals surface area contributed by atoms with Crippen LogP contribution < -0.4 is 5.32 Å². The summed E-state index contributed by atoms with van der Waals surface area (Å²) in [7, 11) is -1.59. The Morgan fingerprint density at radius 1 is 1.07 bits per heavy atom. The van der Waals surface area contributed by atoms with Gasteiger partial charge in [0.25, 0.3) is 5.91 Å². The molecule has 2 bridgehead atoms. The molecule has 0 saturated carbocycles. The van der Waals surface area contributed by atoms with Gasteiger partial charge in [-0.1, -0.05) is 23.2 Å². The molecule has 0 radical (unpaired) electrons. The van der Waals surface area contributed by atoms with Gasteiger partial charge >= 0.3 is 0 Å². The summed E-state index contributed by atoms with van der Waals surface area (Å²) in [6, 6.07) is 3.76. The minimum atomic E-state index is -3.73. The highest BCUT2D eigenvalue weighted by Crippen LogP contribution is 2.35. The van der Waals surface area contributed by atoms with Gasteiger partial charge < -0.3 is 10.2 Å². The Kier molecular flexibility index (Phi) is 5.66. The van der Waals surface area contributed by atoms with Gasteiger partial charge in [-0.05, 0) is 57.7 Å². The maximum atomic E-state index is 12.9. The average Bonchev–Trinajstić information content (AvgIpc) is 3.22. The quantitative estimate of drug-likeness (QED) is 0.772. The lowest BCUT2D eigenvalue weighted by Gasteiger charge is -2.36. The van der Waals surface area contributed by atoms with E-state index in [0.717, 1.165) is 38.5 Å². The number of halogens is 2. The molecule has 0 aromatic heterocycles. The highest BCUT2D eigenvalue weighted by Gasteiger charge is 2.39. The first-order chi connectivity index (χ1) is 13.3. The molecule has 3 saturated heterocycles. The van der Waals surface area contributed by atoms with E-state index < -0.39 is 10.0 Å². The Morgan fingerprint density at radius 3 is 2.29 bits per heavy atom. The molecule has 2 atom stereocenters. The molecule has 1 aromatic rings. The van der Waals surface area contributed by atoms with Crippen molar-refractivity contribution in [1.82, 2.24) is 14.5 Å². The van der Waals surface area contributed by atoms with Gasteiger partial charge in [0.2, 0.25) is 10.0 Å².